The van der Waals surface area contributed by atoms with Crippen molar-refractivity contribution in [1.29, 1.82) is 0 Å². The van der Waals surface area contributed by atoms with E-state index in [4.69, 9.17) is 14.2 Å². The van der Waals surface area contributed by atoms with Gasteiger partial charge in [-0.3, -0.25) is 4.98 Å². The molecule has 0 aliphatic carbocycles. The van der Waals surface area contributed by atoms with Gasteiger partial charge in [-0.2, -0.15) is 0 Å². The number of methoxy groups -OCH3 is 2. The molecule has 0 N–H and O–H groups in total. The van der Waals surface area contributed by atoms with Crippen LogP contribution in [0.2, 0.25) is 0 Å². The van der Waals surface area contributed by atoms with Gasteiger partial charge in [0.25, 0.3) is 0 Å². The number of benzene rings is 1. The van der Waals surface area contributed by atoms with Crippen molar-refractivity contribution in [3.05, 3.63) is 58.4 Å². The molecule has 0 fully saturated rings. The zero-order valence-corrected chi connectivity index (χ0v) is 20.1. The molecule has 0 saturated heterocycles. The summed E-state index contributed by atoms with van der Waals surface area (Å²) in [5.74, 6) is -1.05. The molecule has 0 aliphatic heterocycles. The third-order valence-electron chi connectivity index (χ3n) is 4.39. The molecule has 1 heterocycles. The van der Waals surface area contributed by atoms with E-state index in [0.29, 0.717) is 24.4 Å². The van der Waals surface area contributed by atoms with Crippen LogP contribution in [0.4, 0.5) is 0 Å². The van der Waals surface area contributed by atoms with Crippen LogP contribution in [0.25, 0.3) is 0 Å². The number of esters is 2. The van der Waals surface area contributed by atoms with Crippen LogP contribution in [0, 0.1) is 6.92 Å². The van der Waals surface area contributed by atoms with Crippen LogP contribution in [0.15, 0.2) is 30.3 Å². The molecule has 0 amide bonds. The van der Waals surface area contributed by atoms with Crippen molar-refractivity contribution in [2.75, 3.05) is 41.5 Å². The first-order valence-corrected chi connectivity index (χ1v) is 9.40. The summed E-state index contributed by atoms with van der Waals surface area (Å²) < 4.78 is 15.8. The Hall–Kier alpha value is -2.35. The van der Waals surface area contributed by atoms with E-state index in [9.17, 15) is 9.59 Å². The van der Waals surface area contributed by atoms with E-state index in [-0.39, 0.29) is 41.7 Å². The number of pyridine rings is 1. The van der Waals surface area contributed by atoms with E-state index in [1.807, 2.05) is 49.3 Å². The van der Waals surface area contributed by atoms with Gasteiger partial charge in [0, 0.05) is 13.0 Å². The fraction of sp³-hybridized carbons (Fsp3) is 0.409. The monoisotopic (exact) mass is 472 g/mol. The van der Waals surface area contributed by atoms with E-state index in [1.165, 1.54) is 14.2 Å². The summed E-state index contributed by atoms with van der Waals surface area (Å²) in [4.78, 5) is 31.9. The molecule has 0 spiro atoms. The van der Waals surface area contributed by atoms with Gasteiger partial charge in [0.15, 0.2) is 5.75 Å². The molecule has 0 aliphatic rings. The van der Waals surface area contributed by atoms with Crippen molar-refractivity contribution >= 4 is 36.8 Å². The minimum atomic E-state index is -0.659. The fourth-order valence-electron chi connectivity index (χ4n) is 3.02. The molecule has 0 bridgehead atoms. The molecule has 2 rings (SSSR count). The Kier molecular flexibility index (Phi) is 12.8. The summed E-state index contributed by atoms with van der Waals surface area (Å²) in [6.07, 6.45) is 1.13. The maximum absolute atomic E-state index is 12.6. The van der Waals surface area contributed by atoms with Crippen LogP contribution < -0.4 is 4.74 Å². The quantitative estimate of drug-likeness (QED) is 0.406. The number of nitrogens with zero attached hydrogens (tertiary/aromatic N) is 2. The van der Waals surface area contributed by atoms with Gasteiger partial charge in [-0.15, -0.1) is 24.8 Å². The Morgan fingerprint density at radius 2 is 1.55 bits per heavy atom. The predicted molar refractivity (Wildman–Crippen MR) is 124 cm³/mol. The summed E-state index contributed by atoms with van der Waals surface area (Å²) in [6.45, 7) is 2.96. The molecule has 31 heavy (non-hydrogen) atoms. The standard InChI is InChI=1S/C22H28N2O5.2ClH/c1-15-20(29-13-9-12-24(2)3)19(22(26)28-5)18(21(25)27-4)17(23-15)14-16-10-7-6-8-11-16;;/h6-8,10-11H,9,12-14H2,1-5H3;2*1H. The lowest BCUT2D eigenvalue weighted by atomic mass is 9.98. The minimum absolute atomic E-state index is 0. The smallest absolute Gasteiger partial charge is 0.342 e. The lowest BCUT2D eigenvalue weighted by Crippen LogP contribution is -2.21. The summed E-state index contributed by atoms with van der Waals surface area (Å²) >= 11 is 0. The Balaban J connectivity index is 0.00000450. The number of rotatable bonds is 9. The van der Waals surface area contributed by atoms with Crippen LogP contribution in [0.3, 0.4) is 0 Å². The van der Waals surface area contributed by atoms with Crippen LogP contribution in [0.1, 0.15) is 44.1 Å². The maximum Gasteiger partial charge on any atom is 0.342 e. The second kappa shape index (κ2) is 13.9. The number of hydrogen-bond donors (Lipinski definition) is 0. The summed E-state index contributed by atoms with van der Waals surface area (Å²) in [5.41, 5.74) is 2.06. The summed E-state index contributed by atoms with van der Waals surface area (Å²) in [7, 11) is 6.49. The first kappa shape index (κ1) is 28.6. The number of hydrogen-bond acceptors (Lipinski definition) is 7. The van der Waals surface area contributed by atoms with Gasteiger partial charge in [-0.1, -0.05) is 30.3 Å². The van der Waals surface area contributed by atoms with Crippen LogP contribution in [-0.2, 0) is 15.9 Å². The Morgan fingerprint density at radius 1 is 0.968 bits per heavy atom. The van der Waals surface area contributed by atoms with Gasteiger partial charge in [0.1, 0.15) is 5.56 Å². The zero-order valence-electron chi connectivity index (χ0n) is 18.5. The van der Waals surface area contributed by atoms with Gasteiger partial charge in [0.05, 0.1) is 37.8 Å². The molecule has 1 aromatic carbocycles. The highest BCUT2D eigenvalue weighted by Gasteiger charge is 2.30. The van der Waals surface area contributed by atoms with E-state index in [1.54, 1.807) is 6.92 Å². The number of ether oxygens (including phenoxy) is 3. The Labute approximate surface area is 195 Å². The molecule has 2 aromatic rings. The molecular weight excluding hydrogens is 443 g/mol. The molecule has 9 heteroatoms. The largest absolute Gasteiger partial charge is 0.491 e. The van der Waals surface area contributed by atoms with Gasteiger partial charge < -0.3 is 19.1 Å². The third kappa shape index (κ3) is 7.69. The Bertz CT molecular complexity index is 861. The van der Waals surface area contributed by atoms with Crippen molar-refractivity contribution in [3.8, 4) is 5.75 Å². The topological polar surface area (TPSA) is 78.0 Å². The van der Waals surface area contributed by atoms with Crippen molar-refractivity contribution < 1.29 is 23.8 Å². The fourth-order valence-corrected chi connectivity index (χ4v) is 3.02. The third-order valence-corrected chi connectivity index (χ3v) is 4.39. The normalized spacial score (nSPS) is 10.0. The average molecular weight is 473 g/mol. The maximum atomic E-state index is 12.6. The molecule has 0 atom stereocenters. The number of aromatic nitrogens is 1. The lowest BCUT2D eigenvalue weighted by Gasteiger charge is -2.19. The van der Waals surface area contributed by atoms with E-state index in [2.05, 4.69) is 4.98 Å². The highest BCUT2D eigenvalue weighted by Crippen LogP contribution is 2.30. The lowest BCUT2D eigenvalue weighted by molar-refractivity contribution is 0.0549. The second-order valence-electron chi connectivity index (χ2n) is 6.87. The van der Waals surface area contributed by atoms with Crippen molar-refractivity contribution in [3.63, 3.8) is 0 Å². The summed E-state index contributed by atoms with van der Waals surface area (Å²) in [6, 6.07) is 9.59. The molecule has 172 valence electrons. The van der Waals surface area contributed by atoms with Crippen molar-refractivity contribution in [2.24, 2.45) is 0 Å². The van der Waals surface area contributed by atoms with E-state index < -0.39 is 11.9 Å². The highest BCUT2D eigenvalue weighted by atomic mass is 35.5. The van der Waals surface area contributed by atoms with Crippen LogP contribution in [0.5, 0.6) is 5.75 Å². The molecule has 0 unspecified atom stereocenters. The number of halogens is 2. The van der Waals surface area contributed by atoms with Gasteiger partial charge in [-0.05, 0) is 33.0 Å². The van der Waals surface area contributed by atoms with E-state index >= 15 is 0 Å². The van der Waals surface area contributed by atoms with Gasteiger partial charge in [0.2, 0.25) is 0 Å². The zero-order chi connectivity index (χ0) is 21.4. The molecule has 0 radical (unpaired) electrons. The van der Waals surface area contributed by atoms with Gasteiger partial charge >= 0.3 is 11.9 Å². The first-order chi connectivity index (χ1) is 13.9. The number of carbonyl (C=O) groups is 2. The van der Waals surface area contributed by atoms with Crippen LogP contribution >= 0.6 is 24.8 Å². The van der Waals surface area contributed by atoms with Gasteiger partial charge in [-0.25, -0.2) is 9.59 Å². The molecular formula is C22H30Cl2N2O5. The minimum Gasteiger partial charge on any atom is -0.491 e. The molecule has 1 aromatic heterocycles. The number of carbonyl (C=O) groups excluding carboxylic acids is 2. The van der Waals surface area contributed by atoms with Crippen molar-refractivity contribution in [1.82, 2.24) is 9.88 Å². The first-order valence-electron chi connectivity index (χ1n) is 9.40. The van der Waals surface area contributed by atoms with Crippen molar-refractivity contribution in [2.45, 2.75) is 19.8 Å². The average Bonchev–Trinajstić information content (AvgIpc) is 2.71. The highest BCUT2D eigenvalue weighted by molar-refractivity contribution is 6.06. The molecule has 7 nitrogen and oxygen atoms in total. The second-order valence-corrected chi connectivity index (χ2v) is 6.87. The molecule has 0 saturated carbocycles. The SMILES string of the molecule is COC(=O)c1c(Cc2ccccc2)nc(C)c(OCCCN(C)C)c1C(=O)OC.Cl.Cl. The number of aryl methyl sites for hydroxylation is 1. The van der Waals surface area contributed by atoms with E-state index in [0.717, 1.165) is 18.5 Å². The van der Waals surface area contributed by atoms with Crippen LogP contribution in [-0.4, -0.2) is 63.3 Å². The predicted octanol–water partition coefficient (Wildman–Crippen LogP) is 3.73. The Morgan fingerprint density at radius 3 is 2.10 bits per heavy atom. The summed E-state index contributed by atoms with van der Waals surface area (Å²) in [5, 5.41) is 0.